The van der Waals surface area contributed by atoms with Crippen LogP contribution in [0, 0.1) is 5.82 Å². The summed E-state index contributed by atoms with van der Waals surface area (Å²) < 4.78 is 18.5. The molecule has 0 aromatic heterocycles. The lowest BCUT2D eigenvalue weighted by atomic mass is 10.1. The smallest absolute Gasteiger partial charge is 0.234 e. The largest absolute Gasteiger partial charge is 0.396 e. The zero-order chi connectivity index (χ0) is 16.5. The third-order valence-electron chi connectivity index (χ3n) is 3.96. The van der Waals surface area contributed by atoms with Crippen LogP contribution in [0.5, 0.6) is 0 Å². The molecule has 6 heteroatoms. The van der Waals surface area contributed by atoms with Gasteiger partial charge in [0.2, 0.25) is 5.91 Å². The number of carbonyl (C=O) groups excluding carboxylic acids is 1. The number of aliphatic hydroxyl groups excluding tert-OH is 1. The maximum absolute atomic E-state index is 12.8. The van der Waals surface area contributed by atoms with E-state index in [0.29, 0.717) is 26.1 Å². The fraction of sp³-hybridized carbons (Fsp3) is 0.588. The number of rotatable bonds is 8. The number of nitrogens with zero attached hydrogens (tertiary/aromatic N) is 1. The maximum Gasteiger partial charge on any atom is 0.234 e. The Balaban J connectivity index is 1.62. The molecular formula is C17H25FN2O3. The molecule has 23 heavy (non-hydrogen) atoms. The summed E-state index contributed by atoms with van der Waals surface area (Å²) in [6.45, 7) is 3.23. The van der Waals surface area contributed by atoms with Crippen LogP contribution < -0.4 is 5.32 Å². The Morgan fingerprint density at radius 2 is 2.00 bits per heavy atom. The predicted molar refractivity (Wildman–Crippen MR) is 85.4 cm³/mol. The van der Waals surface area contributed by atoms with Gasteiger partial charge in [0.15, 0.2) is 0 Å². The Morgan fingerprint density at radius 3 is 2.65 bits per heavy atom. The number of piperidine rings is 1. The van der Waals surface area contributed by atoms with Crippen molar-refractivity contribution in [3.63, 3.8) is 0 Å². The minimum atomic E-state index is -0.274. The van der Waals surface area contributed by atoms with Crippen LogP contribution in [-0.4, -0.2) is 54.9 Å². The summed E-state index contributed by atoms with van der Waals surface area (Å²) in [6, 6.07) is 6.13. The number of amides is 1. The molecule has 0 aliphatic carbocycles. The number of hydrogen-bond acceptors (Lipinski definition) is 4. The summed E-state index contributed by atoms with van der Waals surface area (Å²) in [5.41, 5.74) is 0.885. The predicted octanol–water partition coefficient (Wildman–Crippen LogP) is 1.31. The molecule has 128 valence electrons. The molecule has 1 aliphatic rings. The lowest BCUT2D eigenvalue weighted by molar-refractivity contribution is -0.123. The SMILES string of the molecule is O=C(CN1CCC(OCCCO)CC1)NCc1ccc(F)cc1. The normalized spacial score (nSPS) is 16.4. The number of aliphatic hydroxyl groups is 1. The van der Waals surface area contributed by atoms with Crippen molar-refractivity contribution >= 4 is 5.91 Å². The zero-order valence-electron chi connectivity index (χ0n) is 13.3. The van der Waals surface area contributed by atoms with Crippen molar-refractivity contribution in [2.45, 2.75) is 31.9 Å². The molecule has 1 heterocycles. The first-order chi connectivity index (χ1) is 11.2. The van der Waals surface area contributed by atoms with E-state index in [2.05, 4.69) is 10.2 Å². The summed E-state index contributed by atoms with van der Waals surface area (Å²) in [5, 5.41) is 11.6. The van der Waals surface area contributed by atoms with Crippen molar-refractivity contribution in [1.82, 2.24) is 10.2 Å². The van der Waals surface area contributed by atoms with E-state index in [0.717, 1.165) is 31.5 Å². The van der Waals surface area contributed by atoms with E-state index >= 15 is 0 Å². The molecule has 0 unspecified atom stereocenters. The highest BCUT2D eigenvalue weighted by Gasteiger charge is 2.20. The summed E-state index contributed by atoms with van der Waals surface area (Å²) in [6.07, 6.45) is 2.74. The van der Waals surface area contributed by atoms with Gasteiger partial charge < -0.3 is 15.2 Å². The quantitative estimate of drug-likeness (QED) is 0.708. The second kappa shape index (κ2) is 9.60. The molecule has 0 atom stereocenters. The van der Waals surface area contributed by atoms with Gasteiger partial charge in [-0.3, -0.25) is 9.69 Å². The first-order valence-corrected chi connectivity index (χ1v) is 8.13. The van der Waals surface area contributed by atoms with Gasteiger partial charge in [0.25, 0.3) is 0 Å². The minimum absolute atomic E-state index is 0.0195. The molecule has 1 saturated heterocycles. The van der Waals surface area contributed by atoms with Gasteiger partial charge in [-0.1, -0.05) is 12.1 Å². The molecule has 0 bridgehead atoms. The van der Waals surface area contributed by atoms with Crippen LogP contribution in [0.2, 0.25) is 0 Å². The summed E-state index contributed by atoms with van der Waals surface area (Å²) in [4.78, 5) is 14.1. The maximum atomic E-state index is 12.8. The van der Waals surface area contributed by atoms with Crippen LogP contribution in [0.15, 0.2) is 24.3 Å². The van der Waals surface area contributed by atoms with E-state index in [9.17, 15) is 9.18 Å². The van der Waals surface area contributed by atoms with Gasteiger partial charge in [-0.25, -0.2) is 4.39 Å². The average molecular weight is 324 g/mol. The monoisotopic (exact) mass is 324 g/mol. The van der Waals surface area contributed by atoms with E-state index in [1.165, 1.54) is 12.1 Å². The summed E-state index contributed by atoms with van der Waals surface area (Å²) >= 11 is 0. The molecule has 1 fully saturated rings. The van der Waals surface area contributed by atoms with E-state index in [1.807, 2.05) is 0 Å². The van der Waals surface area contributed by atoms with Crippen molar-refractivity contribution in [2.75, 3.05) is 32.8 Å². The third-order valence-corrected chi connectivity index (χ3v) is 3.96. The van der Waals surface area contributed by atoms with E-state index in [-0.39, 0.29) is 24.4 Å². The number of hydrogen-bond donors (Lipinski definition) is 2. The Bertz CT molecular complexity index is 473. The average Bonchev–Trinajstić information content (AvgIpc) is 2.56. The van der Waals surface area contributed by atoms with Gasteiger partial charge in [-0.05, 0) is 37.0 Å². The topological polar surface area (TPSA) is 61.8 Å². The molecule has 0 saturated carbocycles. The van der Waals surface area contributed by atoms with Crippen LogP contribution in [0.3, 0.4) is 0 Å². The fourth-order valence-corrected chi connectivity index (χ4v) is 2.61. The Kier molecular flexibility index (Phi) is 7.45. The molecule has 0 radical (unpaired) electrons. The van der Waals surface area contributed by atoms with Crippen molar-refractivity contribution < 1.29 is 19.0 Å². The highest BCUT2D eigenvalue weighted by atomic mass is 19.1. The molecule has 0 spiro atoms. The number of carbonyl (C=O) groups is 1. The molecule has 1 aromatic carbocycles. The van der Waals surface area contributed by atoms with Crippen molar-refractivity contribution in [3.05, 3.63) is 35.6 Å². The van der Waals surface area contributed by atoms with Gasteiger partial charge in [0.05, 0.1) is 12.6 Å². The lowest BCUT2D eigenvalue weighted by Gasteiger charge is -2.31. The third kappa shape index (κ3) is 6.64. The van der Waals surface area contributed by atoms with Crippen LogP contribution in [0.25, 0.3) is 0 Å². The second-order valence-corrected chi connectivity index (χ2v) is 5.83. The van der Waals surface area contributed by atoms with Gasteiger partial charge in [0, 0.05) is 32.8 Å². The van der Waals surface area contributed by atoms with E-state index in [1.54, 1.807) is 12.1 Å². The van der Waals surface area contributed by atoms with Gasteiger partial charge in [-0.15, -0.1) is 0 Å². The highest BCUT2D eigenvalue weighted by Crippen LogP contribution is 2.13. The number of likely N-dealkylation sites (tertiary alicyclic amines) is 1. The minimum Gasteiger partial charge on any atom is -0.396 e. The molecule has 1 aromatic rings. The van der Waals surface area contributed by atoms with Crippen molar-refractivity contribution in [3.8, 4) is 0 Å². The van der Waals surface area contributed by atoms with Crippen molar-refractivity contribution in [2.24, 2.45) is 0 Å². The summed E-state index contributed by atoms with van der Waals surface area (Å²) in [7, 11) is 0. The van der Waals surface area contributed by atoms with Gasteiger partial charge in [-0.2, -0.15) is 0 Å². The molecular weight excluding hydrogens is 299 g/mol. The molecule has 2 N–H and O–H groups in total. The number of halogens is 1. The summed E-state index contributed by atoms with van der Waals surface area (Å²) in [5.74, 6) is -0.293. The van der Waals surface area contributed by atoms with Gasteiger partial charge >= 0.3 is 0 Å². The van der Waals surface area contributed by atoms with Crippen LogP contribution in [0.4, 0.5) is 4.39 Å². The van der Waals surface area contributed by atoms with Crippen LogP contribution in [-0.2, 0) is 16.1 Å². The number of benzene rings is 1. The van der Waals surface area contributed by atoms with E-state index in [4.69, 9.17) is 9.84 Å². The van der Waals surface area contributed by atoms with Crippen LogP contribution >= 0.6 is 0 Å². The second-order valence-electron chi connectivity index (χ2n) is 5.83. The standard InChI is InChI=1S/C17H25FN2O3/c18-15-4-2-14(3-5-15)12-19-17(22)13-20-8-6-16(7-9-20)23-11-1-10-21/h2-5,16,21H,1,6-13H2,(H,19,22). The molecule has 2 rings (SSSR count). The Morgan fingerprint density at radius 1 is 1.30 bits per heavy atom. The number of nitrogens with one attached hydrogen (secondary N) is 1. The zero-order valence-corrected chi connectivity index (χ0v) is 13.3. The highest BCUT2D eigenvalue weighted by molar-refractivity contribution is 5.78. The molecule has 1 amide bonds. The van der Waals surface area contributed by atoms with Crippen LogP contribution in [0.1, 0.15) is 24.8 Å². The van der Waals surface area contributed by atoms with Crippen molar-refractivity contribution in [1.29, 1.82) is 0 Å². The Labute approximate surface area is 136 Å². The molecule has 5 nitrogen and oxygen atoms in total. The first-order valence-electron chi connectivity index (χ1n) is 8.13. The Hall–Kier alpha value is -1.50. The van der Waals surface area contributed by atoms with Gasteiger partial charge in [0.1, 0.15) is 5.82 Å². The number of ether oxygens (including phenoxy) is 1. The van der Waals surface area contributed by atoms with E-state index < -0.39 is 0 Å². The molecule has 1 aliphatic heterocycles. The lowest BCUT2D eigenvalue weighted by Crippen LogP contribution is -2.43. The fourth-order valence-electron chi connectivity index (χ4n) is 2.61. The first kappa shape index (κ1) is 17.8.